The quantitative estimate of drug-likeness (QED) is 0.492. The molecule has 1 N–H and O–H groups in total. The van der Waals surface area contributed by atoms with E-state index in [0.29, 0.717) is 18.2 Å². The molecule has 0 saturated heterocycles. The van der Waals surface area contributed by atoms with Crippen molar-refractivity contribution in [3.8, 4) is 0 Å². The summed E-state index contributed by atoms with van der Waals surface area (Å²) in [6, 6.07) is 18.0. The second kappa shape index (κ2) is 9.71. The van der Waals surface area contributed by atoms with Crippen LogP contribution in [0.15, 0.2) is 58.9 Å². The average molecular weight is 413 g/mol. The molecular weight excluding hydrogens is 388 g/mol. The molecule has 0 aliphatic rings. The van der Waals surface area contributed by atoms with Gasteiger partial charge in [0.15, 0.2) is 4.34 Å². The number of aromatic nitrogens is 2. The second-order valence-electron chi connectivity index (χ2n) is 6.54. The molecule has 7 heteroatoms. The summed E-state index contributed by atoms with van der Waals surface area (Å²) in [7, 11) is 0. The SMILES string of the molecule is CCN(C(=O)CSc1nnc(Nc2ccc(C(C)C)cc2)s1)c1ccccc1. The molecule has 1 aromatic heterocycles. The summed E-state index contributed by atoms with van der Waals surface area (Å²) in [6.45, 7) is 6.97. The predicted octanol–water partition coefficient (Wildman–Crippen LogP) is 5.55. The number of carbonyl (C=O) groups is 1. The summed E-state index contributed by atoms with van der Waals surface area (Å²) >= 11 is 2.87. The van der Waals surface area contributed by atoms with Crippen LogP contribution in [0.2, 0.25) is 0 Å². The number of hydrogen-bond acceptors (Lipinski definition) is 6. The van der Waals surface area contributed by atoms with Crippen LogP contribution in [0.3, 0.4) is 0 Å². The van der Waals surface area contributed by atoms with Crippen LogP contribution in [0.5, 0.6) is 0 Å². The van der Waals surface area contributed by atoms with Gasteiger partial charge in [0, 0.05) is 17.9 Å². The number of amides is 1. The third-order valence-corrected chi connectivity index (χ3v) is 6.20. The normalized spacial score (nSPS) is 10.9. The topological polar surface area (TPSA) is 58.1 Å². The smallest absolute Gasteiger partial charge is 0.237 e. The summed E-state index contributed by atoms with van der Waals surface area (Å²) in [5, 5.41) is 12.4. The standard InChI is InChI=1S/C21H24N4OS2/c1-4-25(18-8-6-5-7-9-18)19(26)14-27-21-24-23-20(28-21)22-17-12-10-16(11-13-17)15(2)3/h5-13,15H,4,14H2,1-3H3,(H,22,23). The van der Waals surface area contributed by atoms with Crippen molar-refractivity contribution in [3.63, 3.8) is 0 Å². The maximum Gasteiger partial charge on any atom is 0.237 e. The van der Waals surface area contributed by atoms with E-state index in [-0.39, 0.29) is 5.91 Å². The second-order valence-corrected chi connectivity index (χ2v) is 8.74. The molecule has 0 fully saturated rings. The molecule has 5 nitrogen and oxygen atoms in total. The Balaban J connectivity index is 1.56. The molecule has 0 spiro atoms. The number of thioether (sulfide) groups is 1. The fourth-order valence-electron chi connectivity index (χ4n) is 2.71. The maximum atomic E-state index is 12.6. The number of benzene rings is 2. The largest absolute Gasteiger partial charge is 0.330 e. The lowest BCUT2D eigenvalue weighted by atomic mass is 10.0. The molecule has 0 bridgehead atoms. The monoisotopic (exact) mass is 412 g/mol. The van der Waals surface area contributed by atoms with Crippen LogP contribution >= 0.6 is 23.1 Å². The van der Waals surface area contributed by atoms with Crippen molar-refractivity contribution in [2.45, 2.75) is 31.0 Å². The van der Waals surface area contributed by atoms with E-state index >= 15 is 0 Å². The first kappa shape index (κ1) is 20.4. The molecule has 0 atom stereocenters. The van der Waals surface area contributed by atoms with Crippen LogP contribution in [-0.2, 0) is 4.79 Å². The first-order valence-electron chi connectivity index (χ1n) is 9.25. The number of carbonyl (C=O) groups excluding carboxylic acids is 1. The number of rotatable bonds is 8. The van der Waals surface area contributed by atoms with Crippen LogP contribution in [-0.4, -0.2) is 28.4 Å². The van der Waals surface area contributed by atoms with Gasteiger partial charge in [-0.1, -0.05) is 67.3 Å². The van der Waals surface area contributed by atoms with E-state index < -0.39 is 0 Å². The number of para-hydroxylation sites is 1. The third kappa shape index (κ3) is 5.33. The van der Waals surface area contributed by atoms with Crippen molar-refractivity contribution in [3.05, 3.63) is 60.2 Å². The van der Waals surface area contributed by atoms with E-state index in [4.69, 9.17) is 0 Å². The molecule has 0 aliphatic heterocycles. The van der Waals surface area contributed by atoms with E-state index in [2.05, 4.69) is 41.5 Å². The van der Waals surface area contributed by atoms with Crippen molar-refractivity contribution >= 4 is 45.5 Å². The fraction of sp³-hybridized carbons (Fsp3) is 0.286. The zero-order valence-electron chi connectivity index (χ0n) is 16.3. The van der Waals surface area contributed by atoms with Gasteiger partial charge in [0.25, 0.3) is 0 Å². The van der Waals surface area contributed by atoms with Crippen molar-refractivity contribution in [2.75, 3.05) is 22.5 Å². The molecular formula is C21H24N4OS2. The Morgan fingerprint density at radius 1 is 1.11 bits per heavy atom. The molecule has 0 saturated carbocycles. The van der Waals surface area contributed by atoms with Gasteiger partial charge in [0.1, 0.15) is 0 Å². The van der Waals surface area contributed by atoms with Gasteiger partial charge in [-0.2, -0.15) is 0 Å². The van der Waals surface area contributed by atoms with Crippen LogP contribution in [0.4, 0.5) is 16.5 Å². The number of nitrogens with zero attached hydrogens (tertiary/aromatic N) is 3. The summed E-state index contributed by atoms with van der Waals surface area (Å²) in [6.07, 6.45) is 0. The molecule has 0 radical (unpaired) electrons. The average Bonchev–Trinajstić information content (AvgIpc) is 3.15. The van der Waals surface area contributed by atoms with E-state index in [0.717, 1.165) is 20.8 Å². The van der Waals surface area contributed by atoms with Gasteiger partial charge in [-0.3, -0.25) is 4.79 Å². The summed E-state index contributed by atoms with van der Waals surface area (Å²) < 4.78 is 0.777. The van der Waals surface area contributed by atoms with Crippen LogP contribution in [0.25, 0.3) is 0 Å². The van der Waals surface area contributed by atoms with Gasteiger partial charge < -0.3 is 10.2 Å². The summed E-state index contributed by atoms with van der Waals surface area (Å²) in [5.74, 6) is 0.905. The molecule has 0 unspecified atom stereocenters. The van der Waals surface area contributed by atoms with Crippen LogP contribution in [0, 0.1) is 0 Å². The van der Waals surface area contributed by atoms with E-state index in [1.165, 1.54) is 28.7 Å². The maximum absolute atomic E-state index is 12.6. The Bertz CT molecular complexity index is 894. The van der Waals surface area contributed by atoms with Crippen molar-refractivity contribution in [2.24, 2.45) is 0 Å². The highest BCUT2D eigenvalue weighted by Gasteiger charge is 2.15. The highest BCUT2D eigenvalue weighted by Crippen LogP contribution is 2.29. The molecule has 146 valence electrons. The third-order valence-electron chi connectivity index (χ3n) is 4.24. The first-order chi connectivity index (χ1) is 13.6. The summed E-state index contributed by atoms with van der Waals surface area (Å²) in [5.41, 5.74) is 3.20. The van der Waals surface area contributed by atoms with Gasteiger partial charge in [-0.15, -0.1) is 10.2 Å². The first-order valence-corrected chi connectivity index (χ1v) is 11.1. The molecule has 3 rings (SSSR count). The zero-order chi connectivity index (χ0) is 19.9. The highest BCUT2D eigenvalue weighted by molar-refractivity contribution is 8.01. The summed E-state index contributed by atoms with van der Waals surface area (Å²) in [4.78, 5) is 14.4. The number of hydrogen-bond donors (Lipinski definition) is 1. The van der Waals surface area contributed by atoms with Gasteiger partial charge in [0.05, 0.1) is 5.75 Å². The molecule has 28 heavy (non-hydrogen) atoms. The molecule has 1 heterocycles. The fourth-order valence-corrected chi connectivity index (χ4v) is 4.35. The van der Waals surface area contributed by atoms with Crippen LogP contribution in [0.1, 0.15) is 32.3 Å². The van der Waals surface area contributed by atoms with Gasteiger partial charge in [-0.05, 0) is 42.7 Å². The highest BCUT2D eigenvalue weighted by atomic mass is 32.2. The lowest BCUT2D eigenvalue weighted by Crippen LogP contribution is -2.32. The minimum atomic E-state index is 0.0627. The Hall–Kier alpha value is -2.38. The van der Waals surface area contributed by atoms with Crippen LogP contribution < -0.4 is 10.2 Å². The van der Waals surface area contributed by atoms with E-state index in [1.54, 1.807) is 4.90 Å². The van der Waals surface area contributed by atoms with E-state index in [9.17, 15) is 4.79 Å². The Morgan fingerprint density at radius 2 is 1.82 bits per heavy atom. The minimum Gasteiger partial charge on any atom is -0.330 e. The van der Waals surface area contributed by atoms with Crippen molar-refractivity contribution in [1.29, 1.82) is 0 Å². The number of nitrogens with one attached hydrogen (secondary N) is 1. The van der Waals surface area contributed by atoms with Gasteiger partial charge in [-0.25, -0.2) is 0 Å². The van der Waals surface area contributed by atoms with Crippen molar-refractivity contribution in [1.82, 2.24) is 10.2 Å². The molecule has 1 amide bonds. The Labute approximate surface area is 174 Å². The van der Waals surface area contributed by atoms with E-state index in [1.807, 2.05) is 49.4 Å². The lowest BCUT2D eigenvalue weighted by Gasteiger charge is -2.20. The molecule has 2 aromatic carbocycles. The zero-order valence-corrected chi connectivity index (χ0v) is 17.9. The molecule has 3 aromatic rings. The number of anilines is 3. The Morgan fingerprint density at radius 3 is 2.46 bits per heavy atom. The van der Waals surface area contributed by atoms with Gasteiger partial charge >= 0.3 is 0 Å². The molecule has 0 aliphatic carbocycles. The van der Waals surface area contributed by atoms with Gasteiger partial charge in [0.2, 0.25) is 11.0 Å². The van der Waals surface area contributed by atoms with Crippen molar-refractivity contribution < 1.29 is 4.79 Å². The predicted molar refractivity (Wildman–Crippen MR) is 119 cm³/mol. The Kier molecular flexibility index (Phi) is 7.06. The lowest BCUT2D eigenvalue weighted by molar-refractivity contribution is -0.116. The minimum absolute atomic E-state index is 0.0627.